The van der Waals surface area contributed by atoms with Crippen LogP contribution in [0.25, 0.3) is 0 Å². The zero-order chi connectivity index (χ0) is 25.1. The molecule has 1 unspecified atom stereocenters. The molecule has 11 heteroatoms. The summed E-state index contributed by atoms with van der Waals surface area (Å²) in [7, 11) is 3.86. The summed E-state index contributed by atoms with van der Waals surface area (Å²) in [6.07, 6.45) is 2.33. The van der Waals surface area contributed by atoms with Crippen molar-refractivity contribution in [2.24, 2.45) is 12.5 Å². The number of aromatic nitrogens is 6. The van der Waals surface area contributed by atoms with Gasteiger partial charge in [0, 0.05) is 51.1 Å². The summed E-state index contributed by atoms with van der Waals surface area (Å²) in [5, 5.41) is 13.2. The van der Waals surface area contributed by atoms with Crippen LogP contribution in [0.2, 0.25) is 0 Å². The number of rotatable bonds is 9. The van der Waals surface area contributed by atoms with Gasteiger partial charge < -0.3 is 9.64 Å². The average Bonchev–Trinajstić information content (AvgIpc) is 3.34. The van der Waals surface area contributed by atoms with Crippen molar-refractivity contribution < 1.29 is 17.9 Å². The Labute approximate surface area is 197 Å². The molecule has 0 aliphatic carbocycles. The van der Waals surface area contributed by atoms with Crippen LogP contribution in [0, 0.1) is 5.41 Å². The molecule has 3 rings (SSSR count). The van der Waals surface area contributed by atoms with Gasteiger partial charge in [0.05, 0.1) is 12.2 Å². The quantitative estimate of drug-likeness (QED) is 0.454. The molecule has 34 heavy (non-hydrogen) atoms. The number of aryl methyl sites for hydroxylation is 2. The van der Waals surface area contributed by atoms with Crippen molar-refractivity contribution in [2.75, 3.05) is 18.6 Å². The standard InChI is InChI=1S/C23H32F3N7O/c1-16(18-13-28-31(5)14-18)32(6)21-30-29-19(11-22(2,3)4)33(21)10-9-17-7-8-20(27-12-17)34-15-23(24,25)26/h7-8,12-14,16H,9-11,15H2,1-6H3. The molecule has 0 spiro atoms. The van der Waals surface area contributed by atoms with Crippen LogP contribution in [-0.4, -0.2) is 49.4 Å². The van der Waals surface area contributed by atoms with Gasteiger partial charge in [-0.15, -0.1) is 10.2 Å². The topological polar surface area (TPSA) is 73.9 Å². The second kappa shape index (κ2) is 10.0. The third-order valence-electron chi connectivity index (χ3n) is 5.41. The summed E-state index contributed by atoms with van der Waals surface area (Å²) in [5.41, 5.74) is 1.97. The molecule has 8 nitrogen and oxygen atoms in total. The molecule has 0 aliphatic rings. The molecule has 0 saturated heterocycles. The average molecular weight is 480 g/mol. The van der Waals surface area contributed by atoms with Crippen molar-refractivity contribution in [3.05, 3.63) is 47.7 Å². The van der Waals surface area contributed by atoms with E-state index in [1.807, 2.05) is 26.5 Å². The summed E-state index contributed by atoms with van der Waals surface area (Å²) in [6, 6.07) is 3.22. The highest BCUT2D eigenvalue weighted by Crippen LogP contribution is 2.27. The molecule has 0 fully saturated rings. The van der Waals surface area contributed by atoms with E-state index in [-0.39, 0.29) is 17.3 Å². The van der Waals surface area contributed by atoms with Crippen molar-refractivity contribution in [3.8, 4) is 5.88 Å². The van der Waals surface area contributed by atoms with Crippen LogP contribution in [0.3, 0.4) is 0 Å². The first kappa shape index (κ1) is 25.5. The molecule has 0 amide bonds. The summed E-state index contributed by atoms with van der Waals surface area (Å²) in [4.78, 5) is 6.08. The lowest BCUT2D eigenvalue weighted by Crippen LogP contribution is -2.26. The molecule has 3 heterocycles. The Morgan fingerprint density at radius 3 is 2.41 bits per heavy atom. The maximum absolute atomic E-state index is 12.3. The van der Waals surface area contributed by atoms with E-state index in [1.54, 1.807) is 16.9 Å². The minimum absolute atomic E-state index is 0.0224. The van der Waals surface area contributed by atoms with Crippen molar-refractivity contribution in [3.63, 3.8) is 0 Å². The number of hydrogen-bond donors (Lipinski definition) is 0. The summed E-state index contributed by atoms with van der Waals surface area (Å²) in [6.45, 7) is 7.78. The summed E-state index contributed by atoms with van der Waals surface area (Å²) < 4.78 is 45.6. The molecule has 0 saturated carbocycles. The maximum Gasteiger partial charge on any atom is 0.422 e. The molecular formula is C23H32F3N7O. The van der Waals surface area contributed by atoms with E-state index in [9.17, 15) is 13.2 Å². The SMILES string of the molecule is CC(c1cnn(C)c1)N(C)c1nnc(CC(C)(C)C)n1CCc1ccc(OCC(F)(F)F)nc1. The fourth-order valence-electron chi connectivity index (χ4n) is 3.51. The van der Waals surface area contributed by atoms with Crippen LogP contribution in [0.15, 0.2) is 30.7 Å². The van der Waals surface area contributed by atoms with Crippen LogP contribution in [-0.2, 0) is 26.4 Å². The fourth-order valence-corrected chi connectivity index (χ4v) is 3.51. The number of nitrogens with zero attached hydrogens (tertiary/aromatic N) is 7. The van der Waals surface area contributed by atoms with Crippen molar-refractivity contribution in [2.45, 2.75) is 59.3 Å². The summed E-state index contributed by atoms with van der Waals surface area (Å²) >= 11 is 0. The first-order valence-corrected chi connectivity index (χ1v) is 11.1. The predicted molar refractivity (Wildman–Crippen MR) is 123 cm³/mol. The highest BCUT2D eigenvalue weighted by molar-refractivity contribution is 5.35. The van der Waals surface area contributed by atoms with Crippen LogP contribution < -0.4 is 9.64 Å². The normalized spacial score (nSPS) is 13.2. The number of halogens is 3. The Morgan fingerprint density at radius 2 is 1.85 bits per heavy atom. The molecule has 186 valence electrons. The predicted octanol–water partition coefficient (Wildman–Crippen LogP) is 4.38. The molecule has 0 bridgehead atoms. The van der Waals surface area contributed by atoms with Gasteiger partial charge in [0.1, 0.15) is 5.82 Å². The van der Waals surface area contributed by atoms with Crippen molar-refractivity contribution in [1.82, 2.24) is 29.5 Å². The van der Waals surface area contributed by atoms with E-state index in [2.05, 4.69) is 57.4 Å². The Balaban J connectivity index is 1.78. The van der Waals surface area contributed by atoms with E-state index >= 15 is 0 Å². The molecule has 3 aromatic heterocycles. The second-order valence-corrected chi connectivity index (χ2v) is 9.70. The lowest BCUT2D eigenvalue weighted by Gasteiger charge is -2.26. The Kier molecular flexibility index (Phi) is 7.52. The Morgan fingerprint density at radius 1 is 1.12 bits per heavy atom. The number of hydrogen-bond acceptors (Lipinski definition) is 6. The van der Waals surface area contributed by atoms with Gasteiger partial charge in [-0.2, -0.15) is 18.3 Å². The van der Waals surface area contributed by atoms with Crippen LogP contribution in [0.5, 0.6) is 5.88 Å². The number of anilines is 1. The highest BCUT2D eigenvalue weighted by Gasteiger charge is 2.28. The Bertz CT molecular complexity index is 1070. The zero-order valence-electron chi connectivity index (χ0n) is 20.5. The molecule has 0 aromatic carbocycles. The van der Waals surface area contributed by atoms with E-state index in [4.69, 9.17) is 4.74 Å². The van der Waals surface area contributed by atoms with Gasteiger partial charge in [0.25, 0.3) is 0 Å². The Hall–Kier alpha value is -3.11. The monoisotopic (exact) mass is 479 g/mol. The lowest BCUT2D eigenvalue weighted by atomic mass is 9.92. The van der Waals surface area contributed by atoms with Gasteiger partial charge in [-0.25, -0.2) is 4.98 Å². The molecule has 1 atom stereocenters. The van der Waals surface area contributed by atoms with Crippen molar-refractivity contribution >= 4 is 5.95 Å². The van der Waals surface area contributed by atoms with E-state index in [1.165, 1.54) is 6.07 Å². The third-order valence-corrected chi connectivity index (χ3v) is 5.41. The van der Waals surface area contributed by atoms with E-state index in [0.717, 1.165) is 29.3 Å². The van der Waals surface area contributed by atoms with Crippen LogP contribution >= 0.6 is 0 Å². The maximum atomic E-state index is 12.3. The fraction of sp³-hybridized carbons (Fsp3) is 0.565. The zero-order valence-corrected chi connectivity index (χ0v) is 20.5. The smallest absolute Gasteiger partial charge is 0.422 e. The highest BCUT2D eigenvalue weighted by atomic mass is 19.4. The van der Waals surface area contributed by atoms with Gasteiger partial charge in [0.2, 0.25) is 11.8 Å². The van der Waals surface area contributed by atoms with E-state index in [0.29, 0.717) is 13.0 Å². The summed E-state index contributed by atoms with van der Waals surface area (Å²) in [5.74, 6) is 1.57. The first-order valence-electron chi connectivity index (χ1n) is 11.1. The van der Waals surface area contributed by atoms with E-state index < -0.39 is 12.8 Å². The number of pyridine rings is 1. The van der Waals surface area contributed by atoms with Gasteiger partial charge in [0.15, 0.2) is 6.61 Å². The lowest BCUT2D eigenvalue weighted by molar-refractivity contribution is -0.154. The molecule has 0 N–H and O–H groups in total. The van der Waals surface area contributed by atoms with Gasteiger partial charge in [-0.3, -0.25) is 9.25 Å². The number of ether oxygens (including phenoxy) is 1. The second-order valence-electron chi connectivity index (χ2n) is 9.70. The molecule has 0 radical (unpaired) electrons. The van der Waals surface area contributed by atoms with Gasteiger partial charge >= 0.3 is 6.18 Å². The van der Waals surface area contributed by atoms with Gasteiger partial charge in [-0.1, -0.05) is 26.8 Å². The molecule has 3 aromatic rings. The number of alkyl halides is 3. The van der Waals surface area contributed by atoms with Crippen LogP contribution in [0.1, 0.15) is 50.7 Å². The largest absolute Gasteiger partial charge is 0.468 e. The first-order chi connectivity index (χ1) is 15.8. The van der Waals surface area contributed by atoms with Crippen LogP contribution in [0.4, 0.5) is 19.1 Å². The molecule has 0 aliphatic heterocycles. The minimum Gasteiger partial charge on any atom is -0.468 e. The molecular weight excluding hydrogens is 447 g/mol. The third kappa shape index (κ3) is 6.94. The van der Waals surface area contributed by atoms with Gasteiger partial charge in [-0.05, 0) is 24.3 Å². The minimum atomic E-state index is -4.40. The van der Waals surface area contributed by atoms with Crippen molar-refractivity contribution in [1.29, 1.82) is 0 Å².